The van der Waals surface area contributed by atoms with Gasteiger partial charge in [0.15, 0.2) is 0 Å². The van der Waals surface area contributed by atoms with Crippen molar-refractivity contribution in [3.05, 3.63) is 29.0 Å². The summed E-state index contributed by atoms with van der Waals surface area (Å²) in [7, 11) is 0. The van der Waals surface area contributed by atoms with Crippen molar-refractivity contribution >= 4 is 22.6 Å². The molecule has 1 saturated carbocycles. The average Bonchev–Trinajstić information content (AvgIpc) is 3.26. The molecule has 0 atom stereocenters. The summed E-state index contributed by atoms with van der Waals surface area (Å²) >= 11 is 6.12. The molecule has 1 aliphatic carbocycles. The smallest absolute Gasteiger partial charge is 0.124 e. The van der Waals surface area contributed by atoms with Crippen LogP contribution < -0.4 is 5.32 Å². The summed E-state index contributed by atoms with van der Waals surface area (Å²) in [5, 5.41) is 4.23. The van der Waals surface area contributed by atoms with Crippen LogP contribution in [0.15, 0.2) is 18.2 Å². The highest BCUT2D eigenvalue weighted by atomic mass is 35.5. The number of fused-ring (bicyclic) bond motifs is 1. The van der Waals surface area contributed by atoms with Crippen LogP contribution in [0.2, 0.25) is 5.02 Å². The molecule has 112 valence electrons. The zero-order chi connectivity index (χ0) is 14.2. The maximum Gasteiger partial charge on any atom is 0.124 e. The largest absolute Gasteiger partial charge is 0.324 e. The number of benzene rings is 1. The van der Waals surface area contributed by atoms with Crippen LogP contribution in [0.1, 0.15) is 31.1 Å². The Morgan fingerprint density at radius 3 is 3.00 bits per heavy atom. The van der Waals surface area contributed by atoms with Gasteiger partial charge in [0.05, 0.1) is 17.6 Å². The minimum Gasteiger partial charge on any atom is -0.324 e. The minimum absolute atomic E-state index is 0.649. The molecule has 0 bridgehead atoms. The van der Waals surface area contributed by atoms with E-state index < -0.39 is 0 Å². The van der Waals surface area contributed by atoms with Gasteiger partial charge < -0.3 is 9.88 Å². The maximum absolute atomic E-state index is 6.12. The molecule has 0 spiro atoms. The number of nitrogens with zero attached hydrogens (tertiary/aromatic N) is 3. The molecule has 1 saturated heterocycles. The summed E-state index contributed by atoms with van der Waals surface area (Å²) in [4.78, 5) is 7.39. The molecule has 2 aromatic rings. The monoisotopic (exact) mass is 304 g/mol. The third-order valence-corrected chi connectivity index (χ3v) is 4.67. The Balaban J connectivity index is 1.68. The second-order valence-electron chi connectivity index (χ2n) is 6.14. The van der Waals surface area contributed by atoms with E-state index in [9.17, 15) is 0 Å². The van der Waals surface area contributed by atoms with Crippen molar-refractivity contribution < 1.29 is 0 Å². The topological polar surface area (TPSA) is 33.1 Å². The Kier molecular flexibility index (Phi) is 3.61. The van der Waals surface area contributed by atoms with Crippen molar-refractivity contribution in [1.82, 2.24) is 19.8 Å². The Bertz CT molecular complexity index is 639. The molecule has 2 aliphatic rings. The zero-order valence-corrected chi connectivity index (χ0v) is 12.9. The van der Waals surface area contributed by atoms with Crippen LogP contribution in [0.25, 0.3) is 11.0 Å². The molecule has 1 N–H and O–H groups in total. The molecule has 4 rings (SSSR count). The first kappa shape index (κ1) is 13.6. The molecule has 1 aliphatic heterocycles. The van der Waals surface area contributed by atoms with Crippen molar-refractivity contribution in [3.8, 4) is 0 Å². The molecule has 0 radical (unpaired) electrons. The highest BCUT2D eigenvalue weighted by molar-refractivity contribution is 6.31. The van der Waals surface area contributed by atoms with E-state index in [0.29, 0.717) is 6.04 Å². The molecular weight excluding hydrogens is 284 g/mol. The predicted molar refractivity (Wildman–Crippen MR) is 85.8 cm³/mol. The fourth-order valence-corrected chi connectivity index (χ4v) is 3.40. The second-order valence-corrected chi connectivity index (χ2v) is 6.58. The second kappa shape index (κ2) is 5.59. The highest BCUT2D eigenvalue weighted by Crippen LogP contribution is 2.39. The molecule has 21 heavy (non-hydrogen) atoms. The summed E-state index contributed by atoms with van der Waals surface area (Å²) < 4.78 is 2.45. The van der Waals surface area contributed by atoms with Gasteiger partial charge in [0.2, 0.25) is 0 Å². The third kappa shape index (κ3) is 2.80. The lowest BCUT2D eigenvalue weighted by Crippen LogP contribution is -2.29. The van der Waals surface area contributed by atoms with E-state index in [0.717, 1.165) is 43.3 Å². The standard InChI is InChI=1S/C16H21ClN4/c17-12-2-5-15-14(10-12)19-16(21(15)13-3-4-13)11-20-8-1-6-18-7-9-20/h2,5,10,13,18H,1,3-4,6-9,11H2. The highest BCUT2D eigenvalue weighted by Gasteiger charge is 2.28. The van der Waals surface area contributed by atoms with E-state index in [1.165, 1.54) is 30.6 Å². The Morgan fingerprint density at radius 2 is 2.14 bits per heavy atom. The summed E-state index contributed by atoms with van der Waals surface area (Å²) in [6, 6.07) is 6.74. The lowest BCUT2D eigenvalue weighted by Gasteiger charge is -2.19. The summed E-state index contributed by atoms with van der Waals surface area (Å²) in [6.07, 6.45) is 3.78. The van der Waals surface area contributed by atoms with Crippen LogP contribution in [0.3, 0.4) is 0 Å². The SMILES string of the molecule is Clc1ccc2c(c1)nc(CN1CCCNCC1)n2C1CC1. The van der Waals surface area contributed by atoms with E-state index in [-0.39, 0.29) is 0 Å². The van der Waals surface area contributed by atoms with Gasteiger partial charge in [-0.2, -0.15) is 0 Å². The molecule has 5 heteroatoms. The van der Waals surface area contributed by atoms with Gasteiger partial charge in [0.25, 0.3) is 0 Å². The molecule has 1 aromatic carbocycles. The van der Waals surface area contributed by atoms with Crippen LogP contribution in [-0.2, 0) is 6.54 Å². The number of hydrogen-bond acceptors (Lipinski definition) is 3. The van der Waals surface area contributed by atoms with Gasteiger partial charge in [-0.15, -0.1) is 0 Å². The summed E-state index contributed by atoms with van der Waals surface area (Å²) in [6.45, 7) is 5.42. The molecule has 1 aromatic heterocycles. The summed E-state index contributed by atoms with van der Waals surface area (Å²) in [5.41, 5.74) is 2.28. The molecule has 2 heterocycles. The van der Waals surface area contributed by atoms with E-state index in [1.807, 2.05) is 12.1 Å². The molecule has 4 nitrogen and oxygen atoms in total. The van der Waals surface area contributed by atoms with Crippen LogP contribution in [0.5, 0.6) is 0 Å². The van der Waals surface area contributed by atoms with Crippen LogP contribution in [0.4, 0.5) is 0 Å². The fraction of sp³-hybridized carbons (Fsp3) is 0.562. The predicted octanol–water partition coefficient (Wildman–Crippen LogP) is 2.82. The Morgan fingerprint density at radius 1 is 1.24 bits per heavy atom. The van der Waals surface area contributed by atoms with E-state index in [4.69, 9.17) is 16.6 Å². The number of nitrogens with one attached hydrogen (secondary N) is 1. The quantitative estimate of drug-likeness (QED) is 0.946. The van der Waals surface area contributed by atoms with Crippen LogP contribution in [0, 0.1) is 0 Å². The van der Waals surface area contributed by atoms with Crippen molar-refractivity contribution in [3.63, 3.8) is 0 Å². The fourth-order valence-electron chi connectivity index (χ4n) is 3.23. The van der Waals surface area contributed by atoms with Gasteiger partial charge in [-0.3, -0.25) is 4.90 Å². The van der Waals surface area contributed by atoms with Gasteiger partial charge >= 0.3 is 0 Å². The van der Waals surface area contributed by atoms with Crippen molar-refractivity contribution in [2.75, 3.05) is 26.2 Å². The zero-order valence-electron chi connectivity index (χ0n) is 12.2. The number of aromatic nitrogens is 2. The molecular formula is C16H21ClN4. The normalized spacial score (nSPS) is 20.8. The van der Waals surface area contributed by atoms with E-state index in [2.05, 4.69) is 20.9 Å². The Labute approximate surface area is 130 Å². The minimum atomic E-state index is 0.649. The number of rotatable bonds is 3. The van der Waals surface area contributed by atoms with E-state index in [1.54, 1.807) is 0 Å². The molecule has 2 fully saturated rings. The lowest BCUT2D eigenvalue weighted by atomic mass is 10.3. The third-order valence-electron chi connectivity index (χ3n) is 4.43. The van der Waals surface area contributed by atoms with Crippen molar-refractivity contribution in [1.29, 1.82) is 0 Å². The number of hydrogen-bond donors (Lipinski definition) is 1. The number of halogens is 1. The summed E-state index contributed by atoms with van der Waals surface area (Å²) in [5.74, 6) is 1.21. The van der Waals surface area contributed by atoms with Crippen molar-refractivity contribution in [2.24, 2.45) is 0 Å². The average molecular weight is 305 g/mol. The van der Waals surface area contributed by atoms with Gasteiger partial charge in [0.1, 0.15) is 5.82 Å². The van der Waals surface area contributed by atoms with E-state index >= 15 is 0 Å². The van der Waals surface area contributed by atoms with Gasteiger partial charge in [0, 0.05) is 24.2 Å². The van der Waals surface area contributed by atoms with Crippen LogP contribution in [-0.4, -0.2) is 40.6 Å². The lowest BCUT2D eigenvalue weighted by molar-refractivity contribution is 0.273. The van der Waals surface area contributed by atoms with Crippen LogP contribution >= 0.6 is 11.6 Å². The Hall–Kier alpha value is -1.10. The van der Waals surface area contributed by atoms with Crippen molar-refractivity contribution in [2.45, 2.75) is 31.8 Å². The van der Waals surface area contributed by atoms with Gasteiger partial charge in [-0.05, 0) is 50.6 Å². The first-order valence-corrected chi connectivity index (χ1v) is 8.28. The van der Waals surface area contributed by atoms with Gasteiger partial charge in [-0.25, -0.2) is 4.98 Å². The number of imidazole rings is 1. The molecule has 0 unspecified atom stereocenters. The molecule has 0 amide bonds. The first-order valence-electron chi connectivity index (χ1n) is 7.91. The first-order chi connectivity index (χ1) is 10.3. The maximum atomic E-state index is 6.12. The van der Waals surface area contributed by atoms with Gasteiger partial charge in [-0.1, -0.05) is 11.6 Å².